The smallest absolute Gasteiger partial charge is 0.335 e. The molecule has 2 aliphatic rings. The van der Waals surface area contributed by atoms with E-state index in [1.807, 2.05) is 43.3 Å². The maximum atomic E-state index is 13.4. The number of aromatic nitrogens is 5. The molecule has 5 aromatic rings. The molecule has 1 aliphatic heterocycles. The fraction of sp³-hybridized carbons (Fsp3) is 0.286. The summed E-state index contributed by atoms with van der Waals surface area (Å²) in [6.07, 6.45) is 5.09. The molecule has 0 radical (unpaired) electrons. The summed E-state index contributed by atoms with van der Waals surface area (Å²) in [5.41, 5.74) is 3.65. The molecule has 3 aromatic heterocycles. The van der Waals surface area contributed by atoms with Crippen molar-refractivity contribution in [2.45, 2.75) is 38.3 Å². The lowest BCUT2D eigenvalue weighted by atomic mass is 9.98. The molecule has 0 bridgehead atoms. The summed E-state index contributed by atoms with van der Waals surface area (Å²) in [5, 5.41) is 24.5. The summed E-state index contributed by atoms with van der Waals surface area (Å²) >= 11 is 6.41. The zero-order valence-corrected chi connectivity index (χ0v) is 27.2. The largest absolute Gasteiger partial charge is 0.478 e. The zero-order valence-electron chi connectivity index (χ0n) is 26.4. The van der Waals surface area contributed by atoms with Gasteiger partial charge in [-0.25, -0.2) is 24.1 Å². The molecule has 13 heteroatoms. The van der Waals surface area contributed by atoms with Gasteiger partial charge in [-0.05, 0) is 73.4 Å². The van der Waals surface area contributed by atoms with E-state index < -0.39 is 11.6 Å². The first-order valence-electron chi connectivity index (χ1n) is 15.9. The Bertz CT molecular complexity index is 2100. The molecule has 246 valence electrons. The number of carbonyl (C=O) groups is 1. The van der Waals surface area contributed by atoms with Crippen LogP contribution in [0.1, 0.15) is 41.4 Å². The highest BCUT2D eigenvalue weighted by molar-refractivity contribution is 6.33. The Morgan fingerprint density at radius 2 is 1.81 bits per heavy atom. The molecule has 0 spiro atoms. The predicted octanol–water partition coefficient (Wildman–Crippen LogP) is 5.13. The van der Waals surface area contributed by atoms with E-state index in [4.69, 9.17) is 21.6 Å². The first-order chi connectivity index (χ1) is 23.2. The van der Waals surface area contributed by atoms with Crippen molar-refractivity contribution in [3.05, 3.63) is 106 Å². The van der Waals surface area contributed by atoms with Gasteiger partial charge >= 0.3 is 5.97 Å². The lowest BCUT2D eigenvalue weighted by Crippen LogP contribution is -2.46. The Morgan fingerprint density at radius 1 is 1.06 bits per heavy atom. The Morgan fingerprint density at radius 3 is 2.50 bits per heavy atom. The van der Waals surface area contributed by atoms with Gasteiger partial charge in [-0.1, -0.05) is 30.7 Å². The molecule has 1 saturated heterocycles. The van der Waals surface area contributed by atoms with E-state index in [-0.39, 0.29) is 17.7 Å². The molecule has 4 heterocycles. The van der Waals surface area contributed by atoms with E-state index in [0.29, 0.717) is 46.4 Å². The molecule has 3 N–H and O–H groups in total. The molecule has 48 heavy (non-hydrogen) atoms. The van der Waals surface area contributed by atoms with Crippen molar-refractivity contribution in [2.75, 3.05) is 41.3 Å². The topological polar surface area (TPSA) is 142 Å². The SMILES string of the molecule is C=CCn1c(=O)c2cnc(Nc3ccc(N4CCN(c5ccc(C(=O)O)cc5Cl)CC4)cc3)nc2n1-c1ccc2c(n1)[C@@](O)(CC)CC2. The summed E-state index contributed by atoms with van der Waals surface area (Å²) in [6.45, 7) is 9.05. The number of allylic oxidation sites excluding steroid dienone is 1. The summed E-state index contributed by atoms with van der Waals surface area (Å²) in [6, 6.07) is 16.6. The molecule has 2 aromatic carbocycles. The van der Waals surface area contributed by atoms with Crippen molar-refractivity contribution in [1.82, 2.24) is 24.3 Å². The zero-order chi connectivity index (χ0) is 33.6. The summed E-state index contributed by atoms with van der Waals surface area (Å²) < 4.78 is 3.20. The van der Waals surface area contributed by atoms with Gasteiger partial charge in [-0.15, -0.1) is 6.58 Å². The highest BCUT2D eigenvalue weighted by atomic mass is 35.5. The third-order valence-electron chi connectivity index (χ3n) is 9.30. The van der Waals surface area contributed by atoms with Crippen LogP contribution in [-0.2, 0) is 18.6 Å². The van der Waals surface area contributed by atoms with Gasteiger partial charge in [0.25, 0.3) is 5.56 Å². The van der Waals surface area contributed by atoms with Crippen LogP contribution in [0.15, 0.2) is 78.2 Å². The number of hydrogen-bond acceptors (Lipinski definition) is 9. The second-order valence-electron chi connectivity index (χ2n) is 12.1. The first-order valence-corrected chi connectivity index (χ1v) is 16.3. The van der Waals surface area contributed by atoms with Gasteiger partial charge in [0.15, 0.2) is 11.5 Å². The van der Waals surface area contributed by atoms with Crippen molar-refractivity contribution in [1.29, 1.82) is 0 Å². The van der Waals surface area contributed by atoms with E-state index in [1.54, 1.807) is 22.9 Å². The van der Waals surface area contributed by atoms with Crippen LogP contribution < -0.4 is 20.7 Å². The van der Waals surface area contributed by atoms with Crippen LogP contribution >= 0.6 is 11.6 Å². The van der Waals surface area contributed by atoms with Crippen molar-refractivity contribution >= 4 is 51.6 Å². The number of nitrogens with one attached hydrogen (secondary N) is 1. The molecule has 1 aliphatic carbocycles. The number of aromatic carboxylic acids is 1. The average molecular weight is 667 g/mol. The summed E-state index contributed by atoms with van der Waals surface area (Å²) in [7, 11) is 0. The molecular weight excluding hydrogens is 632 g/mol. The van der Waals surface area contributed by atoms with Crippen molar-refractivity contribution in [2.24, 2.45) is 0 Å². The third-order valence-corrected chi connectivity index (χ3v) is 9.60. The molecule has 1 fully saturated rings. The Hall–Kier alpha value is -5.20. The molecule has 1 atom stereocenters. The normalized spacial score (nSPS) is 17.5. The van der Waals surface area contributed by atoms with Crippen molar-refractivity contribution in [3.63, 3.8) is 0 Å². The highest BCUT2D eigenvalue weighted by Gasteiger charge is 2.37. The van der Waals surface area contributed by atoms with Crippen molar-refractivity contribution < 1.29 is 15.0 Å². The number of nitrogens with zero attached hydrogens (tertiary/aromatic N) is 7. The number of carboxylic acid groups (broad SMARTS) is 1. The second-order valence-corrected chi connectivity index (χ2v) is 12.5. The van der Waals surface area contributed by atoms with Crippen LogP contribution in [0.4, 0.5) is 23.0 Å². The molecule has 7 rings (SSSR count). The number of piperazine rings is 1. The first kappa shape index (κ1) is 31.4. The van der Waals surface area contributed by atoms with Crippen LogP contribution in [0.25, 0.3) is 16.9 Å². The fourth-order valence-corrected chi connectivity index (χ4v) is 6.90. The Kier molecular flexibility index (Phi) is 8.14. The van der Waals surface area contributed by atoms with Gasteiger partial charge in [-0.3, -0.25) is 4.79 Å². The lowest BCUT2D eigenvalue weighted by Gasteiger charge is -2.37. The minimum Gasteiger partial charge on any atom is -0.478 e. The second kappa shape index (κ2) is 12.4. The van der Waals surface area contributed by atoms with Crippen LogP contribution in [-0.4, -0.2) is 66.7 Å². The number of benzene rings is 2. The number of aryl methyl sites for hydroxylation is 1. The van der Waals surface area contributed by atoms with E-state index in [9.17, 15) is 19.8 Å². The minimum absolute atomic E-state index is 0.170. The Labute approximate surface area is 281 Å². The maximum absolute atomic E-state index is 13.4. The number of halogens is 1. The van der Waals surface area contributed by atoms with Gasteiger partial charge in [0.1, 0.15) is 11.0 Å². The van der Waals surface area contributed by atoms with Gasteiger partial charge in [-0.2, -0.15) is 4.98 Å². The summed E-state index contributed by atoms with van der Waals surface area (Å²) in [4.78, 5) is 43.2. The van der Waals surface area contributed by atoms with E-state index in [1.165, 1.54) is 16.9 Å². The highest BCUT2D eigenvalue weighted by Crippen LogP contribution is 2.38. The lowest BCUT2D eigenvalue weighted by molar-refractivity contribution is 0.0305. The minimum atomic E-state index is -1.00. The maximum Gasteiger partial charge on any atom is 0.335 e. The summed E-state index contributed by atoms with van der Waals surface area (Å²) in [5.74, 6) is -0.185. The molecule has 0 unspecified atom stereocenters. The molecule has 0 saturated carbocycles. The number of anilines is 4. The average Bonchev–Trinajstić information content (AvgIpc) is 3.58. The molecule has 0 amide bonds. The number of pyridine rings is 1. The van der Waals surface area contributed by atoms with Gasteiger partial charge in [0.05, 0.1) is 28.5 Å². The molecular formula is C35H35ClN8O4. The number of fused-ring (bicyclic) bond motifs is 2. The van der Waals surface area contributed by atoms with Crippen molar-refractivity contribution in [3.8, 4) is 5.82 Å². The van der Waals surface area contributed by atoms with E-state index >= 15 is 0 Å². The monoisotopic (exact) mass is 666 g/mol. The fourth-order valence-electron chi connectivity index (χ4n) is 6.60. The van der Waals surface area contributed by atoms with E-state index in [0.717, 1.165) is 55.2 Å². The number of carboxylic acids is 1. The van der Waals surface area contributed by atoms with E-state index in [2.05, 4.69) is 26.7 Å². The number of aliphatic hydroxyl groups is 1. The quantitative estimate of drug-likeness (QED) is 0.181. The standard InChI is InChI=1S/C35H35ClN8O4/c1-3-15-43-32(45)26-21-37-34(40-31(26)44(43)29-12-6-22-13-14-35(48,4-2)30(22)39-29)38-24-7-9-25(10-8-24)41-16-18-42(19-17-41)28-11-5-23(33(46)47)20-27(28)36/h3,5-12,20-21,48H,1,4,13-19H2,2H3,(H,46,47)(H,37,38,40)/t35-/m1/s1. The van der Waals surface area contributed by atoms with Crippen LogP contribution in [0.3, 0.4) is 0 Å². The Balaban J connectivity index is 1.10. The third kappa shape index (κ3) is 5.56. The van der Waals surface area contributed by atoms with Gasteiger partial charge in [0.2, 0.25) is 5.95 Å². The predicted molar refractivity (Wildman–Crippen MR) is 186 cm³/mol. The molecule has 12 nitrogen and oxygen atoms in total. The number of rotatable bonds is 9. The van der Waals surface area contributed by atoms with Gasteiger partial charge < -0.3 is 25.3 Å². The van der Waals surface area contributed by atoms with Crippen LogP contribution in [0.5, 0.6) is 0 Å². The van der Waals surface area contributed by atoms with Crippen LogP contribution in [0, 0.1) is 0 Å². The van der Waals surface area contributed by atoms with Crippen LogP contribution in [0.2, 0.25) is 5.02 Å². The van der Waals surface area contributed by atoms with Gasteiger partial charge in [0, 0.05) is 43.8 Å². The number of hydrogen-bond donors (Lipinski definition) is 3.